The molecule has 1 saturated heterocycles. The Balaban J connectivity index is 1.94. The second kappa shape index (κ2) is 4.77. The molecular weight excluding hydrogens is 306 g/mol. The maximum absolute atomic E-state index is 3.65. The molecule has 3 heteroatoms. The molecule has 1 aromatic carbocycles. The zero-order valence-electron chi connectivity index (χ0n) is 7.92. The summed E-state index contributed by atoms with van der Waals surface area (Å²) in [4.78, 5) is 3.18. The highest BCUT2D eigenvalue weighted by Gasteiger charge is 2.19. The lowest BCUT2D eigenvalue weighted by atomic mass is 10.2. The molecule has 1 fully saturated rings. The second-order valence-corrected chi connectivity index (χ2v) is 5.96. The van der Waals surface area contributed by atoms with Crippen LogP contribution in [0.3, 0.4) is 0 Å². The van der Waals surface area contributed by atoms with Gasteiger partial charge in [-0.15, -0.1) is 0 Å². The van der Waals surface area contributed by atoms with Crippen LogP contribution in [-0.2, 0) is 6.54 Å². The highest BCUT2D eigenvalue weighted by atomic mass is 79.9. The van der Waals surface area contributed by atoms with Crippen molar-refractivity contribution in [3.8, 4) is 0 Å². The summed E-state index contributed by atoms with van der Waals surface area (Å²) in [6.07, 6.45) is 1.27. The molecule has 76 valence electrons. The Bertz CT molecular complexity index is 297. The Hall–Kier alpha value is 0.140. The van der Waals surface area contributed by atoms with Crippen molar-refractivity contribution in [2.75, 3.05) is 13.1 Å². The van der Waals surface area contributed by atoms with Gasteiger partial charge in [0.15, 0.2) is 0 Å². The molecule has 1 aliphatic rings. The summed E-state index contributed by atoms with van der Waals surface area (Å²) in [5, 5.41) is 0. The molecule has 1 atom stereocenters. The third-order valence-electron chi connectivity index (χ3n) is 2.53. The molecule has 0 radical (unpaired) electrons. The molecule has 0 aromatic heterocycles. The van der Waals surface area contributed by atoms with Crippen molar-refractivity contribution in [1.82, 2.24) is 4.90 Å². The van der Waals surface area contributed by atoms with Gasteiger partial charge in [0.25, 0.3) is 0 Å². The molecule has 0 amide bonds. The summed E-state index contributed by atoms with van der Waals surface area (Å²) in [7, 11) is 0. The van der Waals surface area contributed by atoms with E-state index in [0.717, 1.165) is 11.0 Å². The Morgan fingerprint density at radius 3 is 2.57 bits per heavy atom. The summed E-state index contributed by atoms with van der Waals surface area (Å²) >= 11 is 7.10. The minimum atomic E-state index is 0.693. The normalized spacial score (nSPS) is 22.9. The van der Waals surface area contributed by atoms with Crippen LogP contribution in [0.15, 0.2) is 28.7 Å². The fourth-order valence-electron chi connectivity index (χ4n) is 1.78. The molecule has 0 aliphatic carbocycles. The van der Waals surface area contributed by atoms with Gasteiger partial charge in [0.2, 0.25) is 0 Å². The van der Waals surface area contributed by atoms with Crippen LogP contribution in [0.25, 0.3) is 0 Å². The molecule has 0 saturated carbocycles. The largest absolute Gasteiger partial charge is 0.298 e. The molecule has 2 rings (SSSR count). The van der Waals surface area contributed by atoms with Gasteiger partial charge in [0, 0.05) is 22.4 Å². The van der Waals surface area contributed by atoms with Gasteiger partial charge >= 0.3 is 0 Å². The molecule has 0 spiro atoms. The lowest BCUT2D eigenvalue weighted by Gasteiger charge is -2.14. The zero-order valence-corrected chi connectivity index (χ0v) is 11.1. The highest BCUT2D eigenvalue weighted by molar-refractivity contribution is 9.10. The van der Waals surface area contributed by atoms with Crippen LogP contribution < -0.4 is 0 Å². The van der Waals surface area contributed by atoms with Crippen LogP contribution in [-0.4, -0.2) is 22.8 Å². The van der Waals surface area contributed by atoms with Crippen LogP contribution in [0, 0.1) is 0 Å². The van der Waals surface area contributed by atoms with Crippen LogP contribution >= 0.6 is 31.9 Å². The first-order chi connectivity index (χ1) is 6.74. The van der Waals surface area contributed by atoms with E-state index >= 15 is 0 Å². The summed E-state index contributed by atoms with van der Waals surface area (Å²) in [6.45, 7) is 3.47. The van der Waals surface area contributed by atoms with Crippen molar-refractivity contribution in [3.05, 3.63) is 34.3 Å². The first-order valence-electron chi connectivity index (χ1n) is 4.85. The minimum absolute atomic E-state index is 0.693. The van der Waals surface area contributed by atoms with E-state index in [1.165, 1.54) is 25.1 Å². The van der Waals surface area contributed by atoms with Crippen molar-refractivity contribution in [2.24, 2.45) is 0 Å². The molecule has 14 heavy (non-hydrogen) atoms. The quantitative estimate of drug-likeness (QED) is 0.755. The Morgan fingerprint density at radius 1 is 1.29 bits per heavy atom. The second-order valence-electron chi connectivity index (χ2n) is 3.75. The van der Waals surface area contributed by atoms with Gasteiger partial charge in [-0.05, 0) is 30.7 Å². The summed E-state index contributed by atoms with van der Waals surface area (Å²) in [5.74, 6) is 0. The first-order valence-corrected chi connectivity index (χ1v) is 6.56. The van der Waals surface area contributed by atoms with Gasteiger partial charge in [-0.1, -0.05) is 44.0 Å². The topological polar surface area (TPSA) is 3.24 Å². The van der Waals surface area contributed by atoms with E-state index < -0.39 is 0 Å². The average molecular weight is 319 g/mol. The number of nitrogens with zero attached hydrogens (tertiary/aromatic N) is 1. The van der Waals surface area contributed by atoms with Crippen LogP contribution in [0.1, 0.15) is 12.0 Å². The summed E-state index contributed by atoms with van der Waals surface area (Å²) < 4.78 is 1.15. The Labute approximate surface area is 102 Å². The Kier molecular flexibility index (Phi) is 3.63. The van der Waals surface area contributed by atoms with Crippen LogP contribution in [0.5, 0.6) is 0 Å². The lowest BCUT2D eigenvalue weighted by molar-refractivity contribution is 0.332. The molecule has 1 unspecified atom stereocenters. The molecule has 0 bridgehead atoms. The highest BCUT2D eigenvalue weighted by Crippen LogP contribution is 2.19. The number of alkyl halides is 1. The minimum Gasteiger partial charge on any atom is -0.298 e. The van der Waals surface area contributed by atoms with Crippen molar-refractivity contribution in [2.45, 2.75) is 17.8 Å². The summed E-state index contributed by atoms with van der Waals surface area (Å²) in [5.41, 5.74) is 1.40. The van der Waals surface area contributed by atoms with E-state index in [1.807, 2.05) is 0 Å². The Morgan fingerprint density at radius 2 is 2.00 bits per heavy atom. The lowest BCUT2D eigenvalue weighted by Crippen LogP contribution is -2.19. The zero-order chi connectivity index (χ0) is 9.97. The van der Waals surface area contributed by atoms with Crippen LogP contribution in [0.4, 0.5) is 0 Å². The molecule has 1 nitrogen and oxygen atoms in total. The van der Waals surface area contributed by atoms with Gasteiger partial charge < -0.3 is 0 Å². The van der Waals surface area contributed by atoms with Crippen molar-refractivity contribution < 1.29 is 0 Å². The van der Waals surface area contributed by atoms with E-state index in [2.05, 4.69) is 61.0 Å². The van der Waals surface area contributed by atoms with Gasteiger partial charge in [-0.25, -0.2) is 0 Å². The van der Waals surface area contributed by atoms with Crippen LogP contribution in [0.2, 0.25) is 0 Å². The van der Waals surface area contributed by atoms with Gasteiger partial charge in [0.1, 0.15) is 0 Å². The van der Waals surface area contributed by atoms with E-state index in [4.69, 9.17) is 0 Å². The number of hydrogen-bond acceptors (Lipinski definition) is 1. The van der Waals surface area contributed by atoms with E-state index in [9.17, 15) is 0 Å². The number of likely N-dealkylation sites (tertiary alicyclic amines) is 1. The maximum Gasteiger partial charge on any atom is 0.0285 e. The first kappa shape index (κ1) is 10.7. The monoisotopic (exact) mass is 317 g/mol. The predicted octanol–water partition coefficient (Wildman–Crippen LogP) is 3.42. The SMILES string of the molecule is Brc1ccc(CN2CCC(Br)C2)cc1. The summed E-state index contributed by atoms with van der Waals surface area (Å²) in [6, 6.07) is 8.59. The van der Waals surface area contributed by atoms with Crippen molar-refractivity contribution >= 4 is 31.9 Å². The molecule has 1 aromatic rings. The van der Waals surface area contributed by atoms with Gasteiger partial charge in [0.05, 0.1) is 0 Å². The fraction of sp³-hybridized carbons (Fsp3) is 0.455. The number of halogens is 2. The predicted molar refractivity (Wildman–Crippen MR) is 66.8 cm³/mol. The maximum atomic E-state index is 3.65. The standard InChI is InChI=1S/C11H13Br2N/c12-10-3-1-9(2-4-10)7-14-6-5-11(13)8-14/h1-4,11H,5-8H2. The average Bonchev–Trinajstić information content (AvgIpc) is 2.56. The van der Waals surface area contributed by atoms with Crippen molar-refractivity contribution in [1.29, 1.82) is 0 Å². The van der Waals surface area contributed by atoms with Crippen molar-refractivity contribution in [3.63, 3.8) is 0 Å². The smallest absolute Gasteiger partial charge is 0.0285 e. The van der Waals surface area contributed by atoms with Gasteiger partial charge in [-0.3, -0.25) is 4.90 Å². The fourth-order valence-corrected chi connectivity index (χ4v) is 2.66. The number of rotatable bonds is 2. The number of benzene rings is 1. The van der Waals surface area contributed by atoms with E-state index in [1.54, 1.807) is 0 Å². The molecular formula is C11H13Br2N. The third kappa shape index (κ3) is 2.81. The van der Waals surface area contributed by atoms with E-state index in [0.29, 0.717) is 4.83 Å². The third-order valence-corrected chi connectivity index (χ3v) is 3.81. The molecule has 0 N–H and O–H groups in total. The molecule has 1 aliphatic heterocycles. The van der Waals surface area contributed by atoms with E-state index in [-0.39, 0.29) is 0 Å². The van der Waals surface area contributed by atoms with Gasteiger partial charge in [-0.2, -0.15) is 0 Å². The molecule has 1 heterocycles. The number of hydrogen-bond donors (Lipinski definition) is 0.